The minimum absolute atomic E-state index is 0.103. The smallest absolute Gasteiger partial charge is 0.404 e. The van der Waals surface area contributed by atoms with E-state index in [-0.39, 0.29) is 17.0 Å². The monoisotopic (exact) mass is 589 g/mol. The lowest BCUT2D eigenvalue weighted by Gasteiger charge is -2.14. The Morgan fingerprint density at radius 2 is 1.95 bits per heavy atom. The van der Waals surface area contributed by atoms with Crippen molar-refractivity contribution in [3.05, 3.63) is 58.9 Å². The third-order valence-electron chi connectivity index (χ3n) is 6.01. The first kappa shape index (κ1) is 27.1. The van der Waals surface area contributed by atoms with Gasteiger partial charge in [-0.1, -0.05) is 53.5 Å². The predicted molar refractivity (Wildman–Crippen MR) is 147 cm³/mol. The number of nitrogens with two attached hydrogens (primary N) is 1. The number of nitrogens with zero attached hydrogens (tertiary/aromatic N) is 3. The highest BCUT2D eigenvalue weighted by Gasteiger charge is 2.20. The van der Waals surface area contributed by atoms with Crippen molar-refractivity contribution in [1.82, 2.24) is 19.9 Å². The lowest BCUT2D eigenvalue weighted by molar-refractivity contribution is -0.118. The standard InChI is InChI=1S/C25H29BrN5O5P/c1-3-4-5-21-30-23-24(31(21)14-17-7-9-20(15(2)10-17)36-37(33,34)35)18-8-6-16(13-28-22(32)12-26)11-19(18)29-25(23)27/h6-11H,3-5,12-14H2,1-2H3,(H2,27,29)(H,28,32)(H2,33,34,35). The summed E-state index contributed by atoms with van der Waals surface area (Å²) in [4.78, 5) is 39.4. The van der Waals surface area contributed by atoms with Gasteiger partial charge in [0.05, 0.1) is 16.4 Å². The molecule has 0 spiro atoms. The Bertz CT molecular complexity index is 1520. The number of amides is 1. The summed E-state index contributed by atoms with van der Waals surface area (Å²) in [6, 6.07) is 11.0. The first-order valence-corrected chi connectivity index (χ1v) is 14.5. The lowest BCUT2D eigenvalue weighted by Crippen LogP contribution is -2.23. The van der Waals surface area contributed by atoms with E-state index in [2.05, 4.69) is 37.7 Å². The zero-order valence-electron chi connectivity index (χ0n) is 20.6. The predicted octanol–water partition coefficient (Wildman–Crippen LogP) is 4.35. The van der Waals surface area contributed by atoms with Crippen LogP contribution >= 0.6 is 23.8 Å². The molecule has 0 fully saturated rings. The third-order valence-corrected chi connectivity index (χ3v) is 6.95. The minimum Gasteiger partial charge on any atom is -0.404 e. The van der Waals surface area contributed by atoms with Gasteiger partial charge in [-0.2, -0.15) is 0 Å². The third kappa shape index (κ3) is 6.30. The number of nitrogens with one attached hydrogen (secondary N) is 1. The molecule has 2 aromatic heterocycles. The zero-order chi connectivity index (χ0) is 26.7. The topological polar surface area (TPSA) is 153 Å². The maximum absolute atomic E-state index is 11.6. The van der Waals surface area contributed by atoms with Gasteiger partial charge in [0.15, 0.2) is 5.82 Å². The summed E-state index contributed by atoms with van der Waals surface area (Å²) in [5, 5.41) is 3.97. The van der Waals surface area contributed by atoms with E-state index in [9.17, 15) is 9.36 Å². The minimum atomic E-state index is -4.65. The van der Waals surface area contributed by atoms with Crippen molar-refractivity contribution in [1.29, 1.82) is 0 Å². The Kier molecular flexibility index (Phi) is 8.18. The van der Waals surface area contributed by atoms with Crippen molar-refractivity contribution >= 4 is 57.4 Å². The van der Waals surface area contributed by atoms with Crippen LogP contribution in [0.5, 0.6) is 5.75 Å². The number of halogens is 1. The van der Waals surface area contributed by atoms with E-state index in [4.69, 9.17) is 25.0 Å². The van der Waals surface area contributed by atoms with Crippen LogP contribution in [0.4, 0.5) is 5.82 Å². The highest BCUT2D eigenvalue weighted by Crippen LogP contribution is 2.39. The van der Waals surface area contributed by atoms with Gasteiger partial charge in [-0.05, 0) is 42.2 Å². The molecule has 0 aliphatic rings. The fraction of sp³-hybridized carbons (Fsp3) is 0.320. The van der Waals surface area contributed by atoms with Gasteiger partial charge in [-0.25, -0.2) is 14.5 Å². The second-order valence-corrected chi connectivity index (χ2v) is 10.6. The van der Waals surface area contributed by atoms with Crippen LogP contribution in [0.2, 0.25) is 0 Å². The highest BCUT2D eigenvalue weighted by atomic mass is 79.9. The van der Waals surface area contributed by atoms with Crippen molar-refractivity contribution in [2.45, 2.75) is 46.2 Å². The molecule has 0 atom stereocenters. The van der Waals surface area contributed by atoms with Crippen molar-refractivity contribution < 1.29 is 23.7 Å². The van der Waals surface area contributed by atoms with Crippen LogP contribution in [0.15, 0.2) is 36.4 Å². The Morgan fingerprint density at radius 1 is 1.19 bits per heavy atom. The number of phosphoric acid groups is 1. The van der Waals surface area contributed by atoms with Crippen LogP contribution in [0.3, 0.4) is 0 Å². The highest BCUT2D eigenvalue weighted by molar-refractivity contribution is 9.09. The molecular formula is C25H29BrN5O5P. The number of phosphoric ester groups is 1. The molecule has 12 heteroatoms. The van der Waals surface area contributed by atoms with Crippen LogP contribution in [-0.2, 0) is 28.9 Å². The molecular weight excluding hydrogens is 561 g/mol. The van der Waals surface area contributed by atoms with E-state index in [1.807, 2.05) is 24.3 Å². The van der Waals surface area contributed by atoms with E-state index < -0.39 is 7.82 Å². The molecule has 0 aliphatic heterocycles. The molecule has 0 bridgehead atoms. The molecule has 196 valence electrons. The fourth-order valence-electron chi connectivity index (χ4n) is 4.28. The Hall–Kier alpha value is -2.98. The molecule has 10 nitrogen and oxygen atoms in total. The number of rotatable bonds is 10. The van der Waals surface area contributed by atoms with E-state index >= 15 is 0 Å². The number of anilines is 1. The number of pyridine rings is 1. The molecule has 37 heavy (non-hydrogen) atoms. The first-order valence-electron chi connectivity index (χ1n) is 11.8. The Morgan fingerprint density at radius 3 is 2.62 bits per heavy atom. The molecule has 2 heterocycles. The van der Waals surface area contributed by atoms with E-state index in [0.29, 0.717) is 35.5 Å². The summed E-state index contributed by atoms with van der Waals surface area (Å²) < 4.78 is 18.2. The normalized spacial score (nSPS) is 11.8. The molecule has 1 amide bonds. The molecule has 0 unspecified atom stereocenters. The van der Waals surface area contributed by atoms with Crippen LogP contribution in [0, 0.1) is 6.92 Å². The zero-order valence-corrected chi connectivity index (χ0v) is 23.1. The number of benzene rings is 2. The molecule has 0 aliphatic carbocycles. The summed E-state index contributed by atoms with van der Waals surface area (Å²) in [5.41, 5.74) is 11.0. The van der Waals surface area contributed by atoms with Gasteiger partial charge in [0.1, 0.15) is 17.1 Å². The van der Waals surface area contributed by atoms with E-state index in [1.165, 1.54) is 0 Å². The Labute approximate surface area is 222 Å². The summed E-state index contributed by atoms with van der Waals surface area (Å²) in [7, 11) is -4.65. The van der Waals surface area contributed by atoms with Crippen molar-refractivity contribution in [2.24, 2.45) is 0 Å². The van der Waals surface area contributed by atoms with E-state index in [1.54, 1.807) is 19.1 Å². The van der Waals surface area contributed by atoms with Gasteiger partial charge < -0.3 is 20.1 Å². The van der Waals surface area contributed by atoms with Gasteiger partial charge in [0, 0.05) is 24.9 Å². The van der Waals surface area contributed by atoms with Crippen molar-refractivity contribution in [3.63, 3.8) is 0 Å². The molecule has 5 N–H and O–H groups in total. The second kappa shape index (κ2) is 11.2. The fourth-order valence-corrected chi connectivity index (χ4v) is 4.94. The summed E-state index contributed by atoms with van der Waals surface area (Å²) in [6.07, 6.45) is 2.73. The molecule has 0 saturated heterocycles. The largest absolute Gasteiger partial charge is 0.524 e. The Balaban J connectivity index is 1.80. The van der Waals surface area contributed by atoms with Gasteiger partial charge in [0.2, 0.25) is 5.91 Å². The average molecular weight is 590 g/mol. The number of aryl methyl sites for hydroxylation is 2. The number of hydrogen-bond acceptors (Lipinski definition) is 6. The SMILES string of the molecule is CCCCc1nc2c(N)nc3cc(CNC(=O)CBr)ccc3c2n1Cc1ccc(OP(=O)(O)O)c(C)c1. The quantitative estimate of drug-likeness (QED) is 0.157. The van der Waals surface area contributed by atoms with Crippen LogP contribution < -0.4 is 15.6 Å². The van der Waals surface area contributed by atoms with Gasteiger partial charge >= 0.3 is 7.82 Å². The number of hydrogen-bond donors (Lipinski definition) is 4. The van der Waals surface area contributed by atoms with Gasteiger partial charge in [0.25, 0.3) is 0 Å². The van der Waals surface area contributed by atoms with Crippen LogP contribution in [-0.4, -0.2) is 35.6 Å². The first-order chi connectivity index (χ1) is 17.6. The number of fused-ring (bicyclic) bond motifs is 3. The average Bonchev–Trinajstić information content (AvgIpc) is 3.20. The summed E-state index contributed by atoms with van der Waals surface area (Å²) in [5.74, 6) is 1.26. The lowest BCUT2D eigenvalue weighted by atomic mass is 10.1. The summed E-state index contributed by atoms with van der Waals surface area (Å²) >= 11 is 3.15. The van der Waals surface area contributed by atoms with E-state index in [0.717, 1.165) is 47.1 Å². The maximum atomic E-state index is 11.6. The van der Waals surface area contributed by atoms with Crippen LogP contribution in [0.1, 0.15) is 42.3 Å². The number of aromatic nitrogens is 3. The molecule has 2 aromatic carbocycles. The number of carbonyl (C=O) groups excluding carboxylic acids is 1. The van der Waals surface area contributed by atoms with Crippen LogP contribution in [0.25, 0.3) is 21.9 Å². The molecule has 0 saturated carbocycles. The molecule has 4 rings (SSSR count). The number of carbonyl (C=O) groups is 1. The van der Waals surface area contributed by atoms with Crippen molar-refractivity contribution in [3.8, 4) is 5.75 Å². The van der Waals surface area contributed by atoms with Gasteiger partial charge in [-0.3, -0.25) is 14.6 Å². The second-order valence-electron chi connectivity index (χ2n) is 8.86. The number of alkyl halides is 1. The van der Waals surface area contributed by atoms with Gasteiger partial charge in [-0.15, -0.1) is 0 Å². The molecule has 0 radical (unpaired) electrons. The number of nitrogen functional groups attached to an aromatic ring is 1. The molecule has 4 aromatic rings. The van der Waals surface area contributed by atoms with Crippen molar-refractivity contribution in [2.75, 3.05) is 11.1 Å². The number of unbranched alkanes of at least 4 members (excludes halogenated alkanes) is 1. The number of imidazole rings is 1. The maximum Gasteiger partial charge on any atom is 0.524 e. The summed E-state index contributed by atoms with van der Waals surface area (Å²) in [6.45, 7) is 4.72.